The zero-order valence-corrected chi connectivity index (χ0v) is 14.5. The number of morpholine rings is 1. The molecule has 0 spiro atoms. The van der Waals surface area contributed by atoms with Crippen LogP contribution in [-0.2, 0) is 11.8 Å². The first kappa shape index (κ1) is 15.3. The summed E-state index contributed by atoms with van der Waals surface area (Å²) in [7, 11) is 1.75. The number of benzene rings is 1. The fraction of sp³-hybridized carbons (Fsp3) is 0.412. The molecule has 5 rings (SSSR count). The van der Waals surface area contributed by atoms with Crippen LogP contribution in [0.15, 0.2) is 18.2 Å². The monoisotopic (exact) mass is 354 g/mol. The molecule has 9 nitrogen and oxygen atoms in total. The molecule has 2 aliphatic heterocycles. The number of anilines is 1. The number of pyridine rings is 1. The third-order valence-electron chi connectivity index (χ3n) is 4.63. The summed E-state index contributed by atoms with van der Waals surface area (Å²) in [5.41, 5.74) is 2.94. The Morgan fingerprint density at radius 1 is 1.15 bits per heavy atom. The van der Waals surface area contributed by atoms with Gasteiger partial charge in [-0.25, -0.2) is 0 Å². The van der Waals surface area contributed by atoms with Gasteiger partial charge in [0.15, 0.2) is 11.5 Å². The molecule has 1 atom stereocenters. The highest BCUT2D eigenvalue weighted by Gasteiger charge is 2.27. The van der Waals surface area contributed by atoms with Crippen molar-refractivity contribution in [2.75, 3.05) is 31.4 Å². The van der Waals surface area contributed by atoms with Crippen molar-refractivity contribution in [1.29, 1.82) is 0 Å². The third kappa shape index (κ3) is 2.51. The largest absolute Gasteiger partial charge is 0.454 e. The van der Waals surface area contributed by atoms with Crippen LogP contribution in [0.1, 0.15) is 17.6 Å². The van der Waals surface area contributed by atoms with Gasteiger partial charge in [0.1, 0.15) is 6.10 Å². The second kappa shape index (κ2) is 5.80. The van der Waals surface area contributed by atoms with Crippen LogP contribution in [-0.4, -0.2) is 51.7 Å². The normalized spacial score (nSPS) is 19.3. The molecule has 2 aromatic heterocycles. The number of aryl methyl sites for hydroxylation is 2. The van der Waals surface area contributed by atoms with Crippen molar-refractivity contribution in [3.63, 3.8) is 0 Å². The lowest BCUT2D eigenvalue weighted by Gasteiger charge is -2.34. The molecule has 2 aliphatic rings. The van der Waals surface area contributed by atoms with Crippen molar-refractivity contribution in [1.82, 2.24) is 25.2 Å². The Labute approximate surface area is 149 Å². The summed E-state index contributed by atoms with van der Waals surface area (Å²) >= 11 is 0. The Morgan fingerprint density at radius 3 is 2.81 bits per heavy atom. The van der Waals surface area contributed by atoms with Crippen LogP contribution < -0.4 is 14.4 Å². The molecule has 1 aromatic carbocycles. The van der Waals surface area contributed by atoms with Crippen LogP contribution in [0, 0.1) is 6.92 Å². The van der Waals surface area contributed by atoms with E-state index in [9.17, 15) is 0 Å². The van der Waals surface area contributed by atoms with E-state index in [0.29, 0.717) is 19.0 Å². The average Bonchev–Trinajstić information content (AvgIpc) is 3.27. The van der Waals surface area contributed by atoms with Gasteiger partial charge in [0.25, 0.3) is 0 Å². The van der Waals surface area contributed by atoms with E-state index in [2.05, 4.69) is 31.4 Å². The number of ether oxygens (including phenoxy) is 3. The van der Waals surface area contributed by atoms with Crippen LogP contribution in [0.3, 0.4) is 0 Å². The minimum absolute atomic E-state index is 0.213. The molecule has 134 valence electrons. The zero-order valence-electron chi connectivity index (χ0n) is 14.5. The maximum atomic E-state index is 5.87. The van der Waals surface area contributed by atoms with Gasteiger partial charge in [-0.1, -0.05) is 0 Å². The van der Waals surface area contributed by atoms with Gasteiger partial charge in [0.2, 0.25) is 12.6 Å². The van der Waals surface area contributed by atoms with Crippen LogP contribution in [0.5, 0.6) is 11.5 Å². The molecule has 0 amide bonds. The number of rotatable bonds is 2. The molecule has 0 radical (unpaired) electrons. The predicted molar refractivity (Wildman–Crippen MR) is 92.3 cm³/mol. The van der Waals surface area contributed by atoms with E-state index < -0.39 is 0 Å². The Hall–Kier alpha value is -2.94. The van der Waals surface area contributed by atoms with Gasteiger partial charge in [-0.05, 0) is 24.3 Å². The Morgan fingerprint density at radius 2 is 2.00 bits per heavy atom. The zero-order chi connectivity index (χ0) is 17.7. The van der Waals surface area contributed by atoms with Gasteiger partial charge >= 0.3 is 0 Å². The fourth-order valence-corrected chi connectivity index (χ4v) is 3.44. The smallest absolute Gasteiger partial charge is 0.231 e. The van der Waals surface area contributed by atoms with Crippen molar-refractivity contribution in [2.45, 2.75) is 13.0 Å². The summed E-state index contributed by atoms with van der Waals surface area (Å²) < 4.78 is 16.9. The van der Waals surface area contributed by atoms with Gasteiger partial charge in [-0.15, -0.1) is 10.2 Å². The predicted octanol–water partition coefficient (Wildman–Crippen LogP) is 1.37. The molecule has 4 heterocycles. The van der Waals surface area contributed by atoms with Gasteiger partial charge in [-0.2, -0.15) is 4.80 Å². The minimum Gasteiger partial charge on any atom is -0.454 e. The SMILES string of the molecule is Cc1cc(N2CCOC(c3nnn(C)n3)C2)c2cc3c(cc2n1)OCO3. The second-order valence-electron chi connectivity index (χ2n) is 6.45. The number of nitrogens with zero attached hydrogens (tertiary/aromatic N) is 6. The summed E-state index contributed by atoms with van der Waals surface area (Å²) in [6, 6.07) is 6.04. The highest BCUT2D eigenvalue weighted by atomic mass is 16.7. The second-order valence-corrected chi connectivity index (χ2v) is 6.45. The maximum absolute atomic E-state index is 5.87. The molecule has 0 aliphatic carbocycles. The van der Waals surface area contributed by atoms with E-state index in [1.165, 1.54) is 4.80 Å². The Balaban J connectivity index is 1.55. The lowest BCUT2D eigenvalue weighted by Crippen LogP contribution is -2.39. The van der Waals surface area contributed by atoms with E-state index in [1.54, 1.807) is 7.05 Å². The quantitative estimate of drug-likeness (QED) is 0.682. The molecule has 1 unspecified atom stereocenters. The van der Waals surface area contributed by atoms with Gasteiger partial charge in [0, 0.05) is 29.4 Å². The minimum atomic E-state index is -0.213. The van der Waals surface area contributed by atoms with E-state index in [1.807, 2.05) is 19.1 Å². The molecule has 0 N–H and O–H groups in total. The molecule has 0 bridgehead atoms. The first-order valence-electron chi connectivity index (χ1n) is 8.49. The first-order chi connectivity index (χ1) is 12.7. The molecular formula is C17H18N6O3. The summed E-state index contributed by atoms with van der Waals surface area (Å²) in [6.45, 7) is 4.27. The summed E-state index contributed by atoms with van der Waals surface area (Å²) in [5, 5.41) is 13.3. The number of fused-ring (bicyclic) bond motifs is 2. The Kier molecular flexibility index (Phi) is 3.42. The fourth-order valence-electron chi connectivity index (χ4n) is 3.44. The van der Waals surface area contributed by atoms with Crippen molar-refractivity contribution in [2.24, 2.45) is 7.05 Å². The van der Waals surface area contributed by atoms with E-state index in [-0.39, 0.29) is 12.9 Å². The molecule has 1 fully saturated rings. The Bertz CT molecular complexity index is 988. The number of hydrogen-bond acceptors (Lipinski definition) is 8. The van der Waals surface area contributed by atoms with Crippen molar-refractivity contribution < 1.29 is 14.2 Å². The molecular weight excluding hydrogens is 336 g/mol. The van der Waals surface area contributed by atoms with Gasteiger partial charge in [0.05, 0.1) is 25.7 Å². The van der Waals surface area contributed by atoms with Gasteiger partial charge in [-0.3, -0.25) is 4.98 Å². The average molecular weight is 354 g/mol. The van der Waals surface area contributed by atoms with Crippen molar-refractivity contribution in [3.8, 4) is 11.5 Å². The molecule has 0 saturated carbocycles. The first-order valence-corrected chi connectivity index (χ1v) is 8.49. The maximum Gasteiger partial charge on any atom is 0.231 e. The highest BCUT2D eigenvalue weighted by molar-refractivity contribution is 5.94. The molecule has 1 saturated heterocycles. The lowest BCUT2D eigenvalue weighted by atomic mass is 10.1. The number of aromatic nitrogens is 5. The van der Waals surface area contributed by atoms with E-state index in [4.69, 9.17) is 14.2 Å². The topological polar surface area (TPSA) is 87.4 Å². The van der Waals surface area contributed by atoms with Crippen LogP contribution in [0.4, 0.5) is 5.69 Å². The van der Waals surface area contributed by atoms with Crippen molar-refractivity contribution >= 4 is 16.6 Å². The summed E-state index contributed by atoms with van der Waals surface area (Å²) in [5.74, 6) is 2.10. The van der Waals surface area contributed by atoms with Gasteiger partial charge < -0.3 is 19.1 Å². The van der Waals surface area contributed by atoms with Crippen LogP contribution >= 0.6 is 0 Å². The molecule has 3 aromatic rings. The number of hydrogen-bond donors (Lipinski definition) is 0. The third-order valence-corrected chi connectivity index (χ3v) is 4.63. The van der Waals surface area contributed by atoms with Crippen LogP contribution in [0.25, 0.3) is 10.9 Å². The molecule has 9 heteroatoms. The standard InChI is InChI=1S/C17H18N6O3/c1-10-5-13(11-6-14-15(26-9-25-14)7-12(11)18-10)23-3-4-24-16(8-23)17-19-21-22(2)20-17/h5-7,16H,3-4,8-9H2,1-2H3. The summed E-state index contributed by atoms with van der Waals surface area (Å²) in [6.07, 6.45) is -0.213. The number of tetrazole rings is 1. The highest BCUT2D eigenvalue weighted by Crippen LogP contribution is 2.39. The van der Waals surface area contributed by atoms with Crippen LogP contribution in [0.2, 0.25) is 0 Å². The summed E-state index contributed by atoms with van der Waals surface area (Å²) in [4.78, 5) is 8.39. The molecule has 26 heavy (non-hydrogen) atoms. The van der Waals surface area contributed by atoms with E-state index in [0.717, 1.165) is 40.3 Å². The van der Waals surface area contributed by atoms with Crippen molar-refractivity contribution in [3.05, 3.63) is 29.7 Å². The lowest BCUT2D eigenvalue weighted by molar-refractivity contribution is 0.0339. The van der Waals surface area contributed by atoms with E-state index >= 15 is 0 Å².